The van der Waals surface area contributed by atoms with Gasteiger partial charge in [0.25, 0.3) is 5.56 Å². The van der Waals surface area contributed by atoms with Crippen LogP contribution in [0.3, 0.4) is 0 Å². The van der Waals surface area contributed by atoms with Crippen LogP contribution in [0.25, 0.3) is 55.9 Å². The van der Waals surface area contributed by atoms with Crippen molar-refractivity contribution in [2.45, 2.75) is 13.5 Å². The highest BCUT2D eigenvalue weighted by Crippen LogP contribution is 2.31. The maximum atomic E-state index is 14.2. The first kappa shape index (κ1) is 29.9. The Morgan fingerprint density at radius 2 is 1.44 bits per heavy atom. The van der Waals surface area contributed by atoms with Crippen LogP contribution >= 0.6 is 0 Å². The maximum absolute atomic E-state index is 14.2. The second kappa shape index (κ2) is 12.6. The van der Waals surface area contributed by atoms with Crippen molar-refractivity contribution in [1.29, 1.82) is 0 Å². The van der Waals surface area contributed by atoms with Crippen LogP contribution in [0.2, 0.25) is 0 Å². The average molecular weight is 634 g/mol. The maximum Gasteiger partial charge on any atom is 0.336 e. The van der Waals surface area contributed by atoms with E-state index in [1.54, 1.807) is 47.0 Å². The molecule has 234 valence electrons. The molecule has 7 aromatic rings. The molecule has 11 nitrogen and oxygen atoms in total. The van der Waals surface area contributed by atoms with E-state index in [1.807, 2.05) is 72.8 Å². The first-order chi connectivity index (χ1) is 23.4. The van der Waals surface area contributed by atoms with Gasteiger partial charge in [-0.2, -0.15) is 5.21 Å². The average Bonchev–Trinajstić information content (AvgIpc) is 3.65. The van der Waals surface area contributed by atoms with Gasteiger partial charge in [-0.3, -0.25) is 14.2 Å². The minimum absolute atomic E-state index is 0.198. The van der Waals surface area contributed by atoms with Crippen LogP contribution < -0.4 is 10.9 Å². The molecular weight excluding hydrogens is 606 g/mol. The van der Waals surface area contributed by atoms with E-state index < -0.39 is 5.97 Å². The fourth-order valence-corrected chi connectivity index (χ4v) is 5.77. The van der Waals surface area contributed by atoms with Crippen molar-refractivity contribution in [1.82, 2.24) is 30.2 Å². The summed E-state index contributed by atoms with van der Waals surface area (Å²) in [6, 6.07) is 34.9. The number of fused-ring (bicyclic) bond motifs is 1. The molecule has 0 aliphatic rings. The zero-order chi connectivity index (χ0) is 33.2. The smallest absolute Gasteiger partial charge is 0.336 e. The molecular formula is C37H27N7O4. The van der Waals surface area contributed by atoms with Gasteiger partial charge in [-0.05, 0) is 57.3 Å². The molecule has 7 rings (SSSR count). The Morgan fingerprint density at radius 1 is 0.792 bits per heavy atom. The summed E-state index contributed by atoms with van der Waals surface area (Å²) in [6.45, 7) is 1.63. The number of benzene rings is 5. The van der Waals surface area contributed by atoms with Crippen LogP contribution in [-0.4, -0.2) is 47.2 Å². The lowest BCUT2D eigenvalue weighted by Crippen LogP contribution is -2.24. The van der Waals surface area contributed by atoms with Crippen molar-refractivity contribution < 1.29 is 14.7 Å². The van der Waals surface area contributed by atoms with E-state index in [-0.39, 0.29) is 23.6 Å². The summed E-state index contributed by atoms with van der Waals surface area (Å²) in [7, 11) is 0. The van der Waals surface area contributed by atoms with Gasteiger partial charge < -0.3 is 10.4 Å². The Morgan fingerprint density at radius 3 is 2.12 bits per heavy atom. The third-order valence-electron chi connectivity index (χ3n) is 8.01. The van der Waals surface area contributed by atoms with Crippen molar-refractivity contribution in [2.75, 3.05) is 5.32 Å². The van der Waals surface area contributed by atoms with E-state index >= 15 is 0 Å². The number of rotatable bonds is 8. The highest BCUT2D eigenvalue weighted by Gasteiger charge is 2.17. The summed E-state index contributed by atoms with van der Waals surface area (Å²) in [5.41, 5.74) is 6.49. The van der Waals surface area contributed by atoms with Crippen molar-refractivity contribution in [3.63, 3.8) is 0 Å². The highest BCUT2D eigenvalue weighted by molar-refractivity contribution is 5.96. The molecule has 48 heavy (non-hydrogen) atoms. The number of aromatic amines is 1. The van der Waals surface area contributed by atoms with Gasteiger partial charge in [0.15, 0.2) is 0 Å². The second-order valence-corrected chi connectivity index (χ2v) is 11.1. The lowest BCUT2D eigenvalue weighted by Gasteiger charge is -2.16. The number of tetrazole rings is 1. The van der Waals surface area contributed by atoms with E-state index in [2.05, 4.69) is 25.9 Å². The quantitative estimate of drug-likeness (QED) is 0.177. The van der Waals surface area contributed by atoms with Gasteiger partial charge in [0.1, 0.15) is 5.82 Å². The molecule has 2 heterocycles. The topological polar surface area (TPSA) is 156 Å². The molecule has 0 unspecified atom stereocenters. The van der Waals surface area contributed by atoms with Gasteiger partial charge in [-0.15, -0.1) is 10.2 Å². The number of nitrogens with one attached hydrogen (secondary N) is 2. The molecule has 0 aliphatic carbocycles. The fraction of sp³-hybridized carbons (Fsp3) is 0.0541. The number of hydrogen-bond acceptors (Lipinski definition) is 7. The Hall–Kier alpha value is -6.75. The molecule has 0 saturated carbocycles. The zero-order valence-corrected chi connectivity index (χ0v) is 25.6. The Kier molecular flexibility index (Phi) is 7.84. The Labute approximate surface area is 273 Å². The largest absolute Gasteiger partial charge is 0.478 e. The van der Waals surface area contributed by atoms with Gasteiger partial charge in [0, 0.05) is 23.7 Å². The first-order valence-corrected chi connectivity index (χ1v) is 15.0. The lowest BCUT2D eigenvalue weighted by atomic mass is 9.98. The van der Waals surface area contributed by atoms with E-state index in [0.29, 0.717) is 39.4 Å². The molecule has 3 N–H and O–H groups in total. The van der Waals surface area contributed by atoms with Crippen LogP contribution in [0.1, 0.15) is 22.8 Å². The number of anilines is 1. The number of amides is 1. The molecule has 0 spiro atoms. The summed E-state index contributed by atoms with van der Waals surface area (Å²) in [4.78, 5) is 42.6. The number of carboxylic acid groups (broad SMARTS) is 1. The molecule has 0 bridgehead atoms. The van der Waals surface area contributed by atoms with E-state index in [0.717, 1.165) is 27.8 Å². The van der Waals surface area contributed by atoms with Crippen molar-refractivity contribution in [2.24, 2.45) is 0 Å². The Bertz CT molecular complexity index is 2370. The summed E-state index contributed by atoms with van der Waals surface area (Å²) in [5.74, 6) is -0.318. The third kappa shape index (κ3) is 5.83. The molecule has 0 saturated heterocycles. The lowest BCUT2D eigenvalue weighted by molar-refractivity contribution is -0.114. The number of hydrogen-bond donors (Lipinski definition) is 3. The van der Waals surface area contributed by atoms with E-state index in [1.165, 1.54) is 6.92 Å². The summed E-state index contributed by atoms with van der Waals surface area (Å²) in [6.07, 6.45) is 0. The van der Waals surface area contributed by atoms with E-state index in [9.17, 15) is 19.5 Å². The van der Waals surface area contributed by atoms with Crippen molar-refractivity contribution in [3.05, 3.63) is 137 Å². The van der Waals surface area contributed by atoms with Crippen molar-refractivity contribution >= 4 is 28.5 Å². The van der Waals surface area contributed by atoms with Crippen LogP contribution in [0, 0.1) is 0 Å². The number of aromatic nitrogens is 6. The van der Waals surface area contributed by atoms with Gasteiger partial charge in [0.2, 0.25) is 11.7 Å². The number of carbonyl (C=O) groups is 2. The predicted octanol–water partition coefficient (Wildman–Crippen LogP) is 6.28. The highest BCUT2D eigenvalue weighted by atomic mass is 16.4. The minimum atomic E-state index is -1.01. The number of carbonyl (C=O) groups excluding carboxylic acids is 1. The summed E-state index contributed by atoms with van der Waals surface area (Å²) in [5, 5.41) is 27.3. The van der Waals surface area contributed by atoms with Crippen LogP contribution in [0.4, 0.5) is 5.69 Å². The minimum Gasteiger partial charge on any atom is -0.478 e. The first-order valence-electron chi connectivity index (χ1n) is 15.0. The number of H-pyrrole nitrogens is 1. The zero-order valence-electron chi connectivity index (χ0n) is 25.6. The molecule has 0 radical (unpaired) electrons. The van der Waals surface area contributed by atoms with Gasteiger partial charge in [0.05, 0.1) is 23.0 Å². The summed E-state index contributed by atoms with van der Waals surface area (Å²) >= 11 is 0. The molecule has 0 fully saturated rings. The number of carboxylic acids is 1. The molecule has 0 atom stereocenters. The number of aromatic carboxylic acids is 1. The molecule has 5 aromatic carbocycles. The number of nitrogens with zero attached hydrogens (tertiary/aromatic N) is 5. The van der Waals surface area contributed by atoms with Crippen LogP contribution in [0.5, 0.6) is 0 Å². The van der Waals surface area contributed by atoms with Crippen LogP contribution in [-0.2, 0) is 11.3 Å². The summed E-state index contributed by atoms with van der Waals surface area (Å²) < 4.78 is 1.61. The van der Waals surface area contributed by atoms with E-state index in [4.69, 9.17) is 4.98 Å². The second-order valence-electron chi connectivity index (χ2n) is 11.1. The molecule has 11 heteroatoms. The van der Waals surface area contributed by atoms with Crippen LogP contribution in [0.15, 0.2) is 120 Å². The van der Waals surface area contributed by atoms with Gasteiger partial charge in [-0.1, -0.05) is 91.0 Å². The van der Waals surface area contributed by atoms with Gasteiger partial charge >= 0.3 is 5.97 Å². The SMILES string of the molecule is CC(=O)Nc1ccc2nc(-c3ccc(-c4ccccc4C(=O)O)cc3)n(Cc3ccc(-c4ccccc4-c4nn[nH]n4)cc3)c(=O)c2c1. The molecule has 2 aromatic heterocycles. The molecule has 1 amide bonds. The normalized spacial score (nSPS) is 11.0. The van der Waals surface area contributed by atoms with Gasteiger partial charge in [-0.25, -0.2) is 9.78 Å². The van der Waals surface area contributed by atoms with Crippen molar-refractivity contribution in [3.8, 4) is 45.0 Å². The predicted molar refractivity (Wildman–Crippen MR) is 182 cm³/mol. The standard InChI is InChI=1S/C37H27N7O4/c1-22(45)38-27-18-19-33-32(20-27)36(46)44(35(39-33)26-16-14-25(15-17-26)29-7-3-5-9-31(29)37(47)48)21-23-10-12-24(13-11-23)28-6-2-4-8-30(28)34-40-42-43-41-34/h2-20H,21H2,1H3,(H,38,45)(H,47,48)(H,40,41,42,43). The monoisotopic (exact) mass is 633 g/mol. The Balaban J connectivity index is 1.30. The third-order valence-corrected chi connectivity index (χ3v) is 8.01. The molecule has 0 aliphatic heterocycles. The fourth-order valence-electron chi connectivity index (χ4n) is 5.77.